The number of nitrogens with zero attached hydrogens (tertiary/aromatic N) is 2. The summed E-state index contributed by atoms with van der Waals surface area (Å²) in [6, 6.07) is 5.25. The van der Waals surface area contributed by atoms with E-state index in [4.69, 9.17) is 20.9 Å². The largest absolute Gasteiger partial charge is 0.454 e. The number of aromatic nitrogens is 2. The number of primary amides is 1. The zero-order chi connectivity index (χ0) is 12.7. The van der Waals surface area contributed by atoms with Crippen molar-refractivity contribution in [3.8, 4) is 17.2 Å². The molecule has 7 nitrogen and oxygen atoms in total. The number of rotatable bonds is 2. The average molecular weight is 246 g/mol. The zero-order valence-corrected chi connectivity index (χ0v) is 9.29. The number of amides is 1. The Labute approximate surface area is 102 Å². The van der Waals surface area contributed by atoms with Gasteiger partial charge in [-0.1, -0.05) is 0 Å². The first-order valence-electron chi connectivity index (χ1n) is 5.20. The van der Waals surface area contributed by atoms with E-state index in [0.29, 0.717) is 17.2 Å². The maximum absolute atomic E-state index is 11.1. The van der Waals surface area contributed by atoms with Gasteiger partial charge in [-0.3, -0.25) is 4.79 Å². The summed E-state index contributed by atoms with van der Waals surface area (Å²) >= 11 is 0. The van der Waals surface area contributed by atoms with Crippen molar-refractivity contribution in [2.45, 2.75) is 0 Å². The lowest BCUT2D eigenvalue weighted by Gasteiger charge is -2.05. The molecular formula is C11H10N4O3. The fourth-order valence-corrected chi connectivity index (χ4v) is 1.77. The number of ether oxygens (including phenoxy) is 2. The van der Waals surface area contributed by atoms with Gasteiger partial charge >= 0.3 is 0 Å². The molecule has 0 radical (unpaired) electrons. The van der Waals surface area contributed by atoms with Gasteiger partial charge in [0.2, 0.25) is 6.79 Å². The standard InChI is InChI=1S/C11H10N4O3/c12-10-7(11(13)16)4-14-15(10)6-1-2-8-9(3-6)18-5-17-8/h1-4H,5,12H2,(H2,13,16). The third-order valence-corrected chi connectivity index (χ3v) is 2.67. The van der Waals surface area contributed by atoms with E-state index in [1.807, 2.05) is 0 Å². The lowest BCUT2D eigenvalue weighted by molar-refractivity contribution is 0.100. The van der Waals surface area contributed by atoms with Gasteiger partial charge in [-0.2, -0.15) is 5.10 Å². The Morgan fingerprint density at radius 3 is 2.83 bits per heavy atom. The number of hydrogen-bond acceptors (Lipinski definition) is 5. The summed E-state index contributed by atoms with van der Waals surface area (Å²) in [7, 11) is 0. The molecule has 0 atom stereocenters. The Hall–Kier alpha value is -2.70. The Balaban J connectivity index is 2.07. The summed E-state index contributed by atoms with van der Waals surface area (Å²) in [5, 5.41) is 4.03. The van der Waals surface area contributed by atoms with Crippen molar-refractivity contribution >= 4 is 11.7 Å². The van der Waals surface area contributed by atoms with Crippen LogP contribution in [0.3, 0.4) is 0 Å². The van der Waals surface area contributed by atoms with E-state index in [2.05, 4.69) is 5.10 Å². The molecule has 1 aromatic carbocycles. The van der Waals surface area contributed by atoms with Crippen LogP contribution < -0.4 is 20.9 Å². The van der Waals surface area contributed by atoms with Crippen LogP contribution in [0, 0.1) is 0 Å². The molecule has 2 heterocycles. The van der Waals surface area contributed by atoms with Gasteiger partial charge in [-0.15, -0.1) is 0 Å². The Kier molecular flexibility index (Phi) is 2.12. The van der Waals surface area contributed by atoms with Gasteiger partial charge in [0, 0.05) is 6.07 Å². The molecule has 1 aromatic heterocycles. The topological polar surface area (TPSA) is 105 Å². The molecule has 0 bridgehead atoms. The van der Waals surface area contributed by atoms with Crippen molar-refractivity contribution in [2.24, 2.45) is 5.73 Å². The van der Waals surface area contributed by atoms with Gasteiger partial charge in [0.1, 0.15) is 11.4 Å². The predicted molar refractivity (Wildman–Crippen MR) is 62.6 cm³/mol. The van der Waals surface area contributed by atoms with Crippen LogP contribution >= 0.6 is 0 Å². The minimum absolute atomic E-state index is 0.188. The number of nitrogens with two attached hydrogens (primary N) is 2. The summed E-state index contributed by atoms with van der Waals surface area (Å²) in [6.07, 6.45) is 1.34. The molecule has 1 aliphatic rings. The summed E-state index contributed by atoms with van der Waals surface area (Å²) < 4.78 is 11.9. The van der Waals surface area contributed by atoms with Crippen molar-refractivity contribution in [2.75, 3.05) is 12.5 Å². The van der Waals surface area contributed by atoms with Crippen LogP contribution in [0.1, 0.15) is 10.4 Å². The fraction of sp³-hybridized carbons (Fsp3) is 0.0909. The molecule has 2 aromatic rings. The minimum Gasteiger partial charge on any atom is -0.454 e. The number of carbonyl (C=O) groups is 1. The van der Waals surface area contributed by atoms with Crippen molar-refractivity contribution < 1.29 is 14.3 Å². The van der Waals surface area contributed by atoms with E-state index >= 15 is 0 Å². The van der Waals surface area contributed by atoms with Crippen LogP contribution in [0.2, 0.25) is 0 Å². The minimum atomic E-state index is -0.612. The van der Waals surface area contributed by atoms with E-state index in [0.717, 1.165) is 0 Å². The van der Waals surface area contributed by atoms with Gasteiger partial charge in [-0.05, 0) is 12.1 Å². The SMILES string of the molecule is NC(=O)c1cnn(-c2ccc3c(c2)OCO3)c1N. The smallest absolute Gasteiger partial charge is 0.254 e. The molecule has 1 amide bonds. The molecule has 0 spiro atoms. The van der Waals surface area contributed by atoms with E-state index < -0.39 is 5.91 Å². The molecule has 3 rings (SSSR count). The average Bonchev–Trinajstić information content (AvgIpc) is 2.93. The van der Waals surface area contributed by atoms with Crippen molar-refractivity contribution in [1.82, 2.24) is 9.78 Å². The van der Waals surface area contributed by atoms with Crippen molar-refractivity contribution in [3.05, 3.63) is 30.0 Å². The zero-order valence-electron chi connectivity index (χ0n) is 9.29. The molecular weight excluding hydrogens is 236 g/mol. The van der Waals surface area contributed by atoms with Crippen LogP contribution in [0.4, 0.5) is 5.82 Å². The Morgan fingerprint density at radius 2 is 2.11 bits per heavy atom. The van der Waals surface area contributed by atoms with E-state index in [1.165, 1.54) is 10.9 Å². The predicted octanol–water partition coefficient (Wildman–Crippen LogP) is 0.282. The summed E-state index contributed by atoms with van der Waals surface area (Å²) in [4.78, 5) is 11.1. The number of carbonyl (C=O) groups excluding carboxylic acids is 1. The molecule has 0 fully saturated rings. The van der Waals surface area contributed by atoms with Crippen LogP contribution in [0.15, 0.2) is 24.4 Å². The first kappa shape index (κ1) is 10.5. The second-order valence-electron chi connectivity index (χ2n) is 3.76. The summed E-state index contributed by atoms with van der Waals surface area (Å²) in [5.74, 6) is 0.864. The number of anilines is 1. The van der Waals surface area contributed by atoms with E-state index in [9.17, 15) is 4.79 Å². The molecule has 7 heteroatoms. The Morgan fingerprint density at radius 1 is 1.33 bits per heavy atom. The molecule has 0 unspecified atom stereocenters. The van der Waals surface area contributed by atoms with Crippen molar-refractivity contribution in [1.29, 1.82) is 0 Å². The van der Waals surface area contributed by atoms with Gasteiger partial charge < -0.3 is 20.9 Å². The molecule has 0 saturated heterocycles. The van der Waals surface area contributed by atoms with Crippen LogP contribution in [-0.4, -0.2) is 22.5 Å². The highest BCUT2D eigenvalue weighted by atomic mass is 16.7. The monoisotopic (exact) mass is 246 g/mol. The number of benzene rings is 1. The van der Waals surface area contributed by atoms with Gasteiger partial charge in [-0.25, -0.2) is 4.68 Å². The number of fused-ring (bicyclic) bond motifs is 1. The lowest BCUT2D eigenvalue weighted by Crippen LogP contribution is -2.13. The normalized spacial score (nSPS) is 12.7. The van der Waals surface area contributed by atoms with Gasteiger partial charge in [0.25, 0.3) is 5.91 Å². The maximum atomic E-state index is 11.1. The highest BCUT2D eigenvalue weighted by Gasteiger charge is 2.17. The molecule has 4 N–H and O–H groups in total. The van der Waals surface area contributed by atoms with Crippen LogP contribution in [0.25, 0.3) is 5.69 Å². The maximum Gasteiger partial charge on any atom is 0.254 e. The van der Waals surface area contributed by atoms with E-state index in [1.54, 1.807) is 18.2 Å². The van der Waals surface area contributed by atoms with Crippen LogP contribution in [-0.2, 0) is 0 Å². The van der Waals surface area contributed by atoms with Gasteiger partial charge in [0.05, 0.1) is 11.9 Å². The number of hydrogen-bond donors (Lipinski definition) is 2. The summed E-state index contributed by atoms with van der Waals surface area (Å²) in [5.41, 5.74) is 11.8. The lowest BCUT2D eigenvalue weighted by atomic mass is 10.2. The third kappa shape index (κ3) is 1.45. The van der Waals surface area contributed by atoms with Crippen molar-refractivity contribution in [3.63, 3.8) is 0 Å². The fourth-order valence-electron chi connectivity index (χ4n) is 1.77. The first-order valence-corrected chi connectivity index (χ1v) is 5.20. The number of nitrogen functional groups attached to an aromatic ring is 1. The quantitative estimate of drug-likeness (QED) is 0.791. The van der Waals surface area contributed by atoms with E-state index in [-0.39, 0.29) is 18.2 Å². The second kappa shape index (κ2) is 3.66. The molecule has 1 aliphatic heterocycles. The Bertz CT molecular complexity index is 635. The third-order valence-electron chi connectivity index (χ3n) is 2.67. The second-order valence-corrected chi connectivity index (χ2v) is 3.76. The highest BCUT2D eigenvalue weighted by molar-refractivity contribution is 5.97. The first-order chi connectivity index (χ1) is 8.66. The van der Waals surface area contributed by atoms with Crippen LogP contribution in [0.5, 0.6) is 11.5 Å². The highest BCUT2D eigenvalue weighted by Crippen LogP contribution is 2.34. The molecule has 92 valence electrons. The molecule has 0 saturated carbocycles. The van der Waals surface area contributed by atoms with Gasteiger partial charge in [0.15, 0.2) is 11.5 Å². The summed E-state index contributed by atoms with van der Waals surface area (Å²) in [6.45, 7) is 0.194. The molecule has 18 heavy (non-hydrogen) atoms. The molecule has 0 aliphatic carbocycles.